The molecule has 4 N–H and O–H groups in total. The van der Waals surface area contributed by atoms with E-state index in [2.05, 4.69) is 5.32 Å². The fraction of sp³-hybridized carbons (Fsp3) is 0.462. The van der Waals surface area contributed by atoms with E-state index in [4.69, 9.17) is 15.6 Å². The highest BCUT2D eigenvalue weighted by Gasteiger charge is 2.26. The van der Waals surface area contributed by atoms with Crippen LogP contribution in [0.4, 0.5) is 0 Å². The number of likely N-dealkylation sites (N-methyl/N-ethyl adjacent to an activating group) is 1. The minimum Gasteiger partial charge on any atom is -0.496 e. The maximum Gasteiger partial charge on any atom is 0.322 e. The third-order valence-corrected chi connectivity index (χ3v) is 3.29. The highest BCUT2D eigenvalue weighted by Crippen LogP contribution is 2.28. The number of nitrogens with one attached hydrogen (secondary N) is 1. The van der Waals surface area contributed by atoms with Crippen LogP contribution in [0.5, 0.6) is 5.75 Å². The molecular formula is C13H20N2O3. The largest absolute Gasteiger partial charge is 0.496 e. The fourth-order valence-electron chi connectivity index (χ4n) is 2.05. The van der Waals surface area contributed by atoms with Gasteiger partial charge in [0.15, 0.2) is 0 Å². The van der Waals surface area contributed by atoms with E-state index in [1.54, 1.807) is 14.2 Å². The second kappa shape index (κ2) is 5.84. The van der Waals surface area contributed by atoms with Crippen molar-refractivity contribution >= 4 is 5.97 Å². The number of ether oxygens (including phenoxy) is 1. The number of carboxylic acid groups (broad SMARTS) is 1. The Kier molecular flexibility index (Phi) is 4.69. The Bertz CT molecular complexity index is 446. The van der Waals surface area contributed by atoms with Gasteiger partial charge in [-0.1, -0.05) is 6.07 Å². The lowest BCUT2D eigenvalue weighted by Crippen LogP contribution is -2.42. The summed E-state index contributed by atoms with van der Waals surface area (Å²) in [4.78, 5) is 11.0. The summed E-state index contributed by atoms with van der Waals surface area (Å²) < 4.78 is 5.23. The molecule has 0 aromatic heterocycles. The standard InChI is InChI=1S/C13H20N2O3/c1-7-8(2)10(18-4)6-5-9(7)12(15-3)11(14)13(16)17/h5-6,11-12,15H,14H2,1-4H3,(H,16,17). The maximum absolute atomic E-state index is 11.0. The Morgan fingerprint density at radius 2 is 2.00 bits per heavy atom. The Morgan fingerprint density at radius 3 is 2.44 bits per heavy atom. The third-order valence-electron chi connectivity index (χ3n) is 3.29. The van der Waals surface area contributed by atoms with Crippen molar-refractivity contribution in [2.45, 2.75) is 25.9 Å². The van der Waals surface area contributed by atoms with E-state index < -0.39 is 18.1 Å². The molecule has 100 valence electrons. The molecule has 0 saturated carbocycles. The first kappa shape index (κ1) is 14.5. The van der Waals surface area contributed by atoms with Gasteiger partial charge in [-0.2, -0.15) is 0 Å². The van der Waals surface area contributed by atoms with Crippen LogP contribution in [0.1, 0.15) is 22.7 Å². The van der Waals surface area contributed by atoms with Crippen LogP contribution in [0.25, 0.3) is 0 Å². The van der Waals surface area contributed by atoms with Gasteiger partial charge < -0.3 is 20.9 Å². The average Bonchev–Trinajstić information content (AvgIpc) is 2.35. The van der Waals surface area contributed by atoms with Crippen molar-refractivity contribution in [2.24, 2.45) is 5.73 Å². The average molecular weight is 252 g/mol. The molecule has 0 bridgehead atoms. The topological polar surface area (TPSA) is 84.6 Å². The SMILES string of the molecule is CNC(c1ccc(OC)c(C)c1C)C(N)C(=O)O. The van der Waals surface area contributed by atoms with Crippen molar-refractivity contribution in [1.29, 1.82) is 0 Å². The molecule has 0 aliphatic carbocycles. The van der Waals surface area contributed by atoms with E-state index in [1.807, 2.05) is 26.0 Å². The Hall–Kier alpha value is -1.59. The van der Waals surface area contributed by atoms with Gasteiger partial charge in [-0.05, 0) is 43.7 Å². The Labute approximate surface area is 107 Å². The molecule has 5 heteroatoms. The summed E-state index contributed by atoms with van der Waals surface area (Å²) in [5.74, 6) is -0.239. The quantitative estimate of drug-likeness (QED) is 0.727. The lowest BCUT2D eigenvalue weighted by molar-refractivity contribution is -0.139. The summed E-state index contributed by atoms with van der Waals surface area (Å²) in [6.45, 7) is 3.88. The number of hydrogen-bond donors (Lipinski definition) is 3. The van der Waals surface area contributed by atoms with Crippen molar-refractivity contribution < 1.29 is 14.6 Å². The molecule has 0 radical (unpaired) electrons. The summed E-state index contributed by atoms with van der Waals surface area (Å²) in [7, 11) is 3.31. The van der Waals surface area contributed by atoms with Crippen molar-refractivity contribution in [3.8, 4) is 5.75 Å². The molecule has 1 aromatic rings. The maximum atomic E-state index is 11.0. The highest BCUT2D eigenvalue weighted by molar-refractivity contribution is 5.74. The molecule has 1 rings (SSSR count). The van der Waals surface area contributed by atoms with Crippen molar-refractivity contribution in [3.05, 3.63) is 28.8 Å². The zero-order valence-corrected chi connectivity index (χ0v) is 11.2. The van der Waals surface area contributed by atoms with E-state index in [-0.39, 0.29) is 0 Å². The highest BCUT2D eigenvalue weighted by atomic mass is 16.5. The fourth-order valence-corrected chi connectivity index (χ4v) is 2.05. The first-order chi connectivity index (χ1) is 8.43. The molecule has 18 heavy (non-hydrogen) atoms. The normalized spacial score (nSPS) is 14.1. The number of carboxylic acids is 1. The van der Waals surface area contributed by atoms with Crippen LogP contribution in [0.2, 0.25) is 0 Å². The third kappa shape index (κ3) is 2.63. The minimum atomic E-state index is -1.03. The number of carbonyl (C=O) groups is 1. The molecule has 0 amide bonds. The first-order valence-corrected chi connectivity index (χ1v) is 5.73. The van der Waals surface area contributed by atoms with Gasteiger partial charge in [0, 0.05) is 0 Å². The van der Waals surface area contributed by atoms with Gasteiger partial charge in [-0.15, -0.1) is 0 Å². The molecule has 2 atom stereocenters. The van der Waals surface area contributed by atoms with E-state index in [1.165, 1.54) is 0 Å². The van der Waals surface area contributed by atoms with Gasteiger partial charge in [0.2, 0.25) is 0 Å². The molecule has 5 nitrogen and oxygen atoms in total. The zero-order chi connectivity index (χ0) is 13.9. The molecule has 0 aliphatic rings. The van der Waals surface area contributed by atoms with Gasteiger partial charge in [0.1, 0.15) is 11.8 Å². The van der Waals surface area contributed by atoms with E-state index in [0.29, 0.717) is 0 Å². The van der Waals surface area contributed by atoms with Crippen molar-refractivity contribution in [1.82, 2.24) is 5.32 Å². The second-order valence-electron chi connectivity index (χ2n) is 4.24. The van der Waals surface area contributed by atoms with Gasteiger partial charge >= 0.3 is 5.97 Å². The number of hydrogen-bond acceptors (Lipinski definition) is 4. The lowest BCUT2D eigenvalue weighted by Gasteiger charge is -2.24. The van der Waals surface area contributed by atoms with Crippen LogP contribution in [0, 0.1) is 13.8 Å². The van der Waals surface area contributed by atoms with Crippen LogP contribution < -0.4 is 15.8 Å². The minimum absolute atomic E-state index is 0.424. The van der Waals surface area contributed by atoms with Gasteiger partial charge in [0.25, 0.3) is 0 Å². The van der Waals surface area contributed by atoms with E-state index in [0.717, 1.165) is 22.4 Å². The number of aliphatic carboxylic acids is 1. The Balaban J connectivity index is 3.23. The predicted octanol–water partition coefficient (Wildman–Crippen LogP) is 0.984. The van der Waals surface area contributed by atoms with Gasteiger partial charge in [-0.25, -0.2) is 0 Å². The number of nitrogens with two attached hydrogens (primary N) is 1. The summed E-state index contributed by atoms with van der Waals surface area (Å²) in [5, 5.41) is 12.0. The second-order valence-corrected chi connectivity index (χ2v) is 4.24. The zero-order valence-electron chi connectivity index (χ0n) is 11.2. The van der Waals surface area contributed by atoms with Gasteiger partial charge in [-0.3, -0.25) is 4.79 Å². The lowest BCUT2D eigenvalue weighted by atomic mass is 9.92. The first-order valence-electron chi connectivity index (χ1n) is 5.73. The number of methoxy groups -OCH3 is 1. The summed E-state index contributed by atoms with van der Waals surface area (Å²) in [6, 6.07) is 2.27. The Morgan fingerprint density at radius 1 is 1.39 bits per heavy atom. The van der Waals surface area contributed by atoms with Crippen molar-refractivity contribution in [3.63, 3.8) is 0 Å². The molecule has 0 saturated heterocycles. The van der Waals surface area contributed by atoms with Crippen LogP contribution in [-0.2, 0) is 4.79 Å². The number of rotatable bonds is 5. The summed E-state index contributed by atoms with van der Waals surface area (Å²) >= 11 is 0. The van der Waals surface area contributed by atoms with Gasteiger partial charge in [0.05, 0.1) is 13.2 Å². The molecular weight excluding hydrogens is 232 g/mol. The van der Waals surface area contributed by atoms with Crippen LogP contribution >= 0.6 is 0 Å². The molecule has 2 unspecified atom stereocenters. The number of benzene rings is 1. The monoisotopic (exact) mass is 252 g/mol. The summed E-state index contributed by atoms with van der Waals surface area (Å²) in [6.07, 6.45) is 0. The van der Waals surface area contributed by atoms with Crippen LogP contribution in [0.15, 0.2) is 12.1 Å². The molecule has 0 aliphatic heterocycles. The molecule has 0 fully saturated rings. The van der Waals surface area contributed by atoms with Crippen LogP contribution in [0.3, 0.4) is 0 Å². The molecule has 1 aromatic carbocycles. The molecule has 0 heterocycles. The smallest absolute Gasteiger partial charge is 0.322 e. The van der Waals surface area contributed by atoms with E-state index in [9.17, 15) is 4.79 Å². The van der Waals surface area contributed by atoms with Crippen molar-refractivity contribution in [2.75, 3.05) is 14.2 Å². The predicted molar refractivity (Wildman–Crippen MR) is 69.9 cm³/mol. The van der Waals surface area contributed by atoms with E-state index >= 15 is 0 Å². The molecule has 0 spiro atoms. The van der Waals surface area contributed by atoms with Crippen LogP contribution in [-0.4, -0.2) is 31.3 Å². The summed E-state index contributed by atoms with van der Waals surface area (Å²) in [5.41, 5.74) is 8.56.